The molecule has 1 aliphatic rings. The van der Waals surface area contributed by atoms with Gasteiger partial charge in [-0.25, -0.2) is 5.01 Å². The normalized spacial score (nSPS) is 17.5. The number of nitrogens with zero attached hydrogens (tertiary/aromatic N) is 1. The summed E-state index contributed by atoms with van der Waals surface area (Å²) in [6, 6.07) is 6.36. The number of amides is 1. The number of alkyl halides is 3. The molecule has 1 aromatic carbocycles. The number of carbonyl (C=O) groups excluding carboxylic acids is 1. The first-order valence-electron chi connectivity index (χ1n) is 7.61. The Morgan fingerprint density at radius 2 is 1.86 bits per heavy atom. The highest BCUT2D eigenvalue weighted by Gasteiger charge is 2.45. The molecule has 3 nitrogen and oxygen atoms in total. The lowest BCUT2D eigenvalue weighted by atomic mass is 10.0. The van der Waals surface area contributed by atoms with Gasteiger partial charge in [-0.2, -0.15) is 13.2 Å². The standard InChI is InChI=1S/C16H21F3N2O/c1-2-12-6-8-13(9-7-12)4-3-5-14(16(17,18)19)21-11-10-15(22)20-21/h6-9,14H,2-5,10-11H2,1H3,(H,20,22)/t14-/m0/s1. The molecule has 1 fully saturated rings. The largest absolute Gasteiger partial charge is 0.405 e. The molecule has 0 aromatic heterocycles. The van der Waals surface area contributed by atoms with Gasteiger partial charge in [0, 0.05) is 13.0 Å². The van der Waals surface area contributed by atoms with E-state index in [1.807, 2.05) is 24.3 Å². The van der Waals surface area contributed by atoms with E-state index >= 15 is 0 Å². The highest BCUT2D eigenvalue weighted by Crippen LogP contribution is 2.29. The van der Waals surface area contributed by atoms with Gasteiger partial charge in [-0.3, -0.25) is 10.2 Å². The average molecular weight is 314 g/mol. The van der Waals surface area contributed by atoms with Crippen LogP contribution < -0.4 is 5.43 Å². The minimum Gasteiger partial charge on any atom is -0.288 e. The summed E-state index contributed by atoms with van der Waals surface area (Å²) in [5.74, 6) is -0.343. The van der Waals surface area contributed by atoms with Crippen LogP contribution >= 0.6 is 0 Å². The molecule has 1 N–H and O–H groups in total. The third-order valence-electron chi connectivity index (χ3n) is 3.98. The van der Waals surface area contributed by atoms with Gasteiger partial charge in [0.05, 0.1) is 0 Å². The molecule has 22 heavy (non-hydrogen) atoms. The number of aryl methyl sites for hydroxylation is 2. The number of hydrogen-bond acceptors (Lipinski definition) is 2. The smallest absolute Gasteiger partial charge is 0.288 e. The van der Waals surface area contributed by atoms with Gasteiger partial charge >= 0.3 is 6.18 Å². The van der Waals surface area contributed by atoms with Crippen molar-refractivity contribution in [3.05, 3.63) is 35.4 Å². The van der Waals surface area contributed by atoms with E-state index in [0.29, 0.717) is 12.8 Å². The van der Waals surface area contributed by atoms with Crippen molar-refractivity contribution in [2.75, 3.05) is 6.54 Å². The van der Waals surface area contributed by atoms with E-state index in [1.54, 1.807) is 0 Å². The van der Waals surface area contributed by atoms with Crippen LogP contribution in [0.25, 0.3) is 0 Å². The maximum absolute atomic E-state index is 13.1. The molecule has 1 atom stereocenters. The number of nitrogens with one attached hydrogen (secondary N) is 1. The average Bonchev–Trinajstić information content (AvgIpc) is 2.89. The summed E-state index contributed by atoms with van der Waals surface area (Å²) in [6.07, 6.45) is -2.22. The molecule has 0 bridgehead atoms. The maximum atomic E-state index is 13.1. The highest BCUT2D eigenvalue weighted by molar-refractivity contribution is 5.77. The zero-order chi connectivity index (χ0) is 16.2. The fourth-order valence-corrected chi connectivity index (χ4v) is 2.67. The van der Waals surface area contributed by atoms with Crippen LogP contribution in [0.5, 0.6) is 0 Å². The predicted octanol–water partition coefficient (Wildman–Crippen LogP) is 3.24. The summed E-state index contributed by atoms with van der Waals surface area (Å²) < 4.78 is 39.4. The van der Waals surface area contributed by atoms with Gasteiger partial charge < -0.3 is 0 Å². The van der Waals surface area contributed by atoms with Crippen LogP contribution in [0.1, 0.15) is 37.3 Å². The van der Waals surface area contributed by atoms with Crippen LogP contribution in [0.15, 0.2) is 24.3 Å². The highest BCUT2D eigenvalue weighted by atomic mass is 19.4. The number of carbonyl (C=O) groups is 1. The van der Waals surface area contributed by atoms with Crippen molar-refractivity contribution in [1.82, 2.24) is 10.4 Å². The molecule has 1 saturated heterocycles. The number of benzene rings is 1. The second-order valence-corrected chi connectivity index (χ2v) is 5.60. The predicted molar refractivity (Wildman–Crippen MR) is 78.1 cm³/mol. The Hall–Kier alpha value is -1.56. The lowest BCUT2D eigenvalue weighted by Gasteiger charge is -2.28. The third kappa shape index (κ3) is 4.47. The minimum atomic E-state index is -4.33. The van der Waals surface area contributed by atoms with E-state index in [2.05, 4.69) is 12.3 Å². The third-order valence-corrected chi connectivity index (χ3v) is 3.98. The van der Waals surface area contributed by atoms with Crippen molar-refractivity contribution in [3.63, 3.8) is 0 Å². The lowest BCUT2D eigenvalue weighted by molar-refractivity contribution is -0.190. The van der Waals surface area contributed by atoms with Crippen LogP contribution in [-0.2, 0) is 17.6 Å². The number of hydrazine groups is 1. The first-order valence-corrected chi connectivity index (χ1v) is 7.61. The molecule has 1 aromatic rings. The van der Waals surface area contributed by atoms with Gasteiger partial charge in [0.15, 0.2) is 0 Å². The van der Waals surface area contributed by atoms with E-state index in [-0.39, 0.29) is 25.3 Å². The molecule has 0 aliphatic carbocycles. The Balaban J connectivity index is 1.89. The van der Waals surface area contributed by atoms with E-state index in [9.17, 15) is 18.0 Å². The van der Waals surface area contributed by atoms with Crippen LogP contribution in [0, 0.1) is 0 Å². The summed E-state index contributed by atoms with van der Waals surface area (Å²) in [4.78, 5) is 11.1. The van der Waals surface area contributed by atoms with E-state index in [1.165, 1.54) is 5.56 Å². The Labute approximate surface area is 128 Å². The Bertz CT molecular complexity index is 499. The zero-order valence-electron chi connectivity index (χ0n) is 12.6. The van der Waals surface area contributed by atoms with Crippen molar-refractivity contribution in [1.29, 1.82) is 0 Å². The summed E-state index contributed by atoms with van der Waals surface area (Å²) in [5.41, 5.74) is 4.56. The van der Waals surface area contributed by atoms with Crippen LogP contribution in [0.4, 0.5) is 13.2 Å². The topological polar surface area (TPSA) is 32.3 Å². The van der Waals surface area contributed by atoms with Crippen molar-refractivity contribution < 1.29 is 18.0 Å². The second kappa shape index (κ2) is 7.13. The SMILES string of the molecule is CCc1ccc(CCC[C@H](N2CCC(=O)N2)C(F)(F)F)cc1. The molecule has 1 amide bonds. The molecule has 0 radical (unpaired) electrons. The fraction of sp³-hybridized carbons (Fsp3) is 0.562. The molecular formula is C16H21F3N2O. The van der Waals surface area contributed by atoms with E-state index in [0.717, 1.165) is 17.0 Å². The summed E-state index contributed by atoms with van der Waals surface area (Å²) in [5, 5.41) is 1.03. The van der Waals surface area contributed by atoms with Crippen molar-refractivity contribution in [2.45, 2.75) is 51.2 Å². The van der Waals surface area contributed by atoms with Crippen molar-refractivity contribution in [3.8, 4) is 0 Å². The molecule has 0 spiro atoms. The number of rotatable bonds is 6. The molecule has 2 rings (SSSR count). The van der Waals surface area contributed by atoms with Crippen LogP contribution in [-0.4, -0.2) is 29.7 Å². The van der Waals surface area contributed by atoms with Gasteiger partial charge in [0.25, 0.3) is 0 Å². The molecule has 122 valence electrons. The van der Waals surface area contributed by atoms with Crippen LogP contribution in [0.2, 0.25) is 0 Å². The molecular weight excluding hydrogens is 293 g/mol. The fourth-order valence-electron chi connectivity index (χ4n) is 2.67. The van der Waals surface area contributed by atoms with Gasteiger partial charge in [-0.1, -0.05) is 31.2 Å². The maximum Gasteiger partial charge on any atom is 0.405 e. The van der Waals surface area contributed by atoms with E-state index in [4.69, 9.17) is 0 Å². The molecule has 0 saturated carbocycles. The van der Waals surface area contributed by atoms with Gasteiger partial charge in [-0.05, 0) is 36.8 Å². The number of halogens is 3. The Kier molecular flexibility index (Phi) is 5.45. The van der Waals surface area contributed by atoms with Gasteiger partial charge in [0.2, 0.25) is 5.91 Å². The Morgan fingerprint density at radius 3 is 2.36 bits per heavy atom. The van der Waals surface area contributed by atoms with Crippen LogP contribution in [0.3, 0.4) is 0 Å². The quantitative estimate of drug-likeness (QED) is 0.874. The number of hydrogen-bond donors (Lipinski definition) is 1. The monoisotopic (exact) mass is 314 g/mol. The van der Waals surface area contributed by atoms with Gasteiger partial charge in [-0.15, -0.1) is 0 Å². The summed E-state index contributed by atoms with van der Waals surface area (Å²) in [7, 11) is 0. The molecule has 1 aliphatic heterocycles. The second-order valence-electron chi connectivity index (χ2n) is 5.60. The summed E-state index contributed by atoms with van der Waals surface area (Å²) in [6.45, 7) is 2.18. The molecule has 0 unspecified atom stereocenters. The van der Waals surface area contributed by atoms with Gasteiger partial charge in [0.1, 0.15) is 6.04 Å². The van der Waals surface area contributed by atoms with Crippen molar-refractivity contribution in [2.24, 2.45) is 0 Å². The Morgan fingerprint density at radius 1 is 1.23 bits per heavy atom. The lowest BCUT2D eigenvalue weighted by Crippen LogP contribution is -2.49. The first-order chi connectivity index (χ1) is 10.4. The first kappa shape index (κ1) is 16.8. The summed E-state index contributed by atoms with van der Waals surface area (Å²) >= 11 is 0. The molecule has 6 heteroatoms. The zero-order valence-corrected chi connectivity index (χ0v) is 12.6. The molecule has 1 heterocycles. The van der Waals surface area contributed by atoms with E-state index < -0.39 is 12.2 Å². The van der Waals surface area contributed by atoms with Crippen molar-refractivity contribution >= 4 is 5.91 Å². The minimum absolute atomic E-state index is 0.0146.